The van der Waals surface area contributed by atoms with E-state index in [1.54, 1.807) is 6.20 Å². The van der Waals surface area contributed by atoms with Crippen molar-refractivity contribution in [2.75, 3.05) is 10.6 Å². The Kier molecular flexibility index (Phi) is 3.63. The molecular formula is C16H17N3O. The summed E-state index contributed by atoms with van der Waals surface area (Å²) < 4.78 is 0. The first-order chi connectivity index (χ1) is 9.81. The highest BCUT2D eigenvalue weighted by atomic mass is 16.2. The Bertz CT molecular complexity index is 594. The van der Waals surface area contributed by atoms with E-state index in [0.29, 0.717) is 6.54 Å². The molecule has 0 aliphatic heterocycles. The van der Waals surface area contributed by atoms with Crippen molar-refractivity contribution in [2.24, 2.45) is 5.92 Å². The fourth-order valence-electron chi connectivity index (χ4n) is 1.99. The van der Waals surface area contributed by atoms with Crippen LogP contribution >= 0.6 is 0 Å². The van der Waals surface area contributed by atoms with Crippen LogP contribution in [0.4, 0.5) is 11.4 Å². The number of amides is 1. The summed E-state index contributed by atoms with van der Waals surface area (Å²) >= 11 is 0. The molecule has 1 aromatic heterocycles. The lowest BCUT2D eigenvalue weighted by molar-refractivity contribution is -0.117. The maximum absolute atomic E-state index is 11.7. The summed E-state index contributed by atoms with van der Waals surface area (Å²) in [6, 6.07) is 13.6. The van der Waals surface area contributed by atoms with E-state index in [1.807, 2.05) is 42.5 Å². The third-order valence-corrected chi connectivity index (χ3v) is 3.28. The van der Waals surface area contributed by atoms with Gasteiger partial charge >= 0.3 is 0 Å². The third kappa shape index (κ3) is 3.35. The van der Waals surface area contributed by atoms with Gasteiger partial charge in [0, 0.05) is 23.5 Å². The molecule has 1 heterocycles. The predicted molar refractivity (Wildman–Crippen MR) is 79.4 cm³/mol. The second kappa shape index (κ2) is 5.74. The monoisotopic (exact) mass is 267 g/mol. The van der Waals surface area contributed by atoms with Crippen molar-refractivity contribution < 1.29 is 4.79 Å². The number of carbonyl (C=O) groups excluding carboxylic acids is 1. The summed E-state index contributed by atoms with van der Waals surface area (Å²) in [5, 5.41) is 6.25. The highest BCUT2D eigenvalue weighted by Gasteiger charge is 2.29. The molecule has 1 aliphatic carbocycles. The summed E-state index contributed by atoms with van der Waals surface area (Å²) in [5.74, 6) is 0.354. The van der Waals surface area contributed by atoms with Crippen LogP contribution in [0.25, 0.3) is 0 Å². The Hall–Kier alpha value is -2.36. The lowest BCUT2D eigenvalue weighted by Crippen LogP contribution is -2.13. The van der Waals surface area contributed by atoms with E-state index < -0.39 is 0 Å². The van der Waals surface area contributed by atoms with Crippen LogP contribution in [0.15, 0.2) is 48.7 Å². The molecule has 3 rings (SSSR count). The van der Waals surface area contributed by atoms with Gasteiger partial charge in [-0.05, 0) is 43.2 Å². The number of hydrogen-bond donors (Lipinski definition) is 2. The minimum atomic E-state index is 0.131. The standard InChI is InChI=1S/C16H17N3O/c20-16(12-7-8-12)19-14-6-3-5-13(10-14)18-11-15-4-1-2-9-17-15/h1-6,9-10,12,18H,7-8,11H2,(H,19,20). The molecule has 0 unspecified atom stereocenters. The first-order valence-corrected chi connectivity index (χ1v) is 6.86. The fourth-order valence-corrected chi connectivity index (χ4v) is 1.99. The van der Waals surface area contributed by atoms with Gasteiger partial charge in [-0.1, -0.05) is 12.1 Å². The average molecular weight is 267 g/mol. The van der Waals surface area contributed by atoms with Gasteiger partial charge in [0.25, 0.3) is 0 Å². The van der Waals surface area contributed by atoms with Gasteiger partial charge < -0.3 is 10.6 Å². The molecule has 1 saturated carbocycles. The number of benzene rings is 1. The van der Waals surface area contributed by atoms with Crippen molar-refractivity contribution in [3.8, 4) is 0 Å². The van der Waals surface area contributed by atoms with Crippen LogP contribution in [-0.2, 0) is 11.3 Å². The maximum Gasteiger partial charge on any atom is 0.227 e. The molecule has 102 valence electrons. The van der Waals surface area contributed by atoms with Crippen LogP contribution < -0.4 is 10.6 Å². The number of rotatable bonds is 5. The zero-order chi connectivity index (χ0) is 13.8. The third-order valence-electron chi connectivity index (χ3n) is 3.28. The lowest BCUT2D eigenvalue weighted by atomic mass is 10.2. The first-order valence-electron chi connectivity index (χ1n) is 6.86. The molecule has 0 bridgehead atoms. The highest BCUT2D eigenvalue weighted by Crippen LogP contribution is 2.30. The van der Waals surface area contributed by atoms with Crippen molar-refractivity contribution in [3.63, 3.8) is 0 Å². The summed E-state index contributed by atoms with van der Waals surface area (Å²) in [4.78, 5) is 16.0. The van der Waals surface area contributed by atoms with E-state index in [1.165, 1.54) is 0 Å². The van der Waals surface area contributed by atoms with Gasteiger partial charge in [-0.2, -0.15) is 0 Å². The molecule has 1 aliphatic rings. The van der Waals surface area contributed by atoms with Gasteiger partial charge in [0.05, 0.1) is 12.2 Å². The summed E-state index contributed by atoms with van der Waals surface area (Å²) in [6.07, 6.45) is 3.82. The summed E-state index contributed by atoms with van der Waals surface area (Å²) in [6.45, 7) is 0.668. The van der Waals surface area contributed by atoms with Crippen LogP contribution in [0.5, 0.6) is 0 Å². The zero-order valence-electron chi connectivity index (χ0n) is 11.2. The van der Waals surface area contributed by atoms with Gasteiger partial charge in [0.1, 0.15) is 0 Å². The molecule has 4 nitrogen and oxygen atoms in total. The number of pyridine rings is 1. The number of hydrogen-bond acceptors (Lipinski definition) is 3. The van der Waals surface area contributed by atoms with Crippen molar-refractivity contribution in [3.05, 3.63) is 54.4 Å². The Morgan fingerprint density at radius 1 is 1.15 bits per heavy atom. The Morgan fingerprint density at radius 2 is 2.00 bits per heavy atom. The van der Waals surface area contributed by atoms with Crippen molar-refractivity contribution in [2.45, 2.75) is 19.4 Å². The van der Waals surface area contributed by atoms with Crippen LogP contribution in [0.3, 0.4) is 0 Å². The molecule has 2 aromatic rings. The molecule has 2 N–H and O–H groups in total. The number of nitrogens with one attached hydrogen (secondary N) is 2. The fraction of sp³-hybridized carbons (Fsp3) is 0.250. The molecule has 20 heavy (non-hydrogen) atoms. The molecule has 0 radical (unpaired) electrons. The van der Waals surface area contributed by atoms with Gasteiger partial charge in [0.15, 0.2) is 0 Å². The number of anilines is 2. The minimum Gasteiger partial charge on any atom is -0.379 e. The topological polar surface area (TPSA) is 54.0 Å². The normalized spacial score (nSPS) is 13.8. The zero-order valence-corrected chi connectivity index (χ0v) is 11.2. The van der Waals surface area contributed by atoms with Crippen LogP contribution in [0, 0.1) is 5.92 Å². The lowest BCUT2D eigenvalue weighted by Gasteiger charge is -2.09. The Balaban J connectivity index is 1.60. The van der Waals surface area contributed by atoms with E-state index in [0.717, 1.165) is 29.9 Å². The van der Waals surface area contributed by atoms with Crippen LogP contribution in [0.1, 0.15) is 18.5 Å². The average Bonchev–Trinajstić information content (AvgIpc) is 3.31. The first kappa shape index (κ1) is 12.7. The minimum absolute atomic E-state index is 0.131. The van der Waals surface area contributed by atoms with Gasteiger partial charge in [-0.3, -0.25) is 9.78 Å². The largest absolute Gasteiger partial charge is 0.379 e. The highest BCUT2D eigenvalue weighted by molar-refractivity contribution is 5.94. The van der Waals surface area contributed by atoms with Crippen molar-refractivity contribution in [1.29, 1.82) is 0 Å². The van der Waals surface area contributed by atoms with E-state index in [-0.39, 0.29) is 11.8 Å². The molecule has 0 saturated heterocycles. The van der Waals surface area contributed by atoms with Gasteiger partial charge in [-0.15, -0.1) is 0 Å². The van der Waals surface area contributed by atoms with E-state index in [4.69, 9.17) is 0 Å². The quantitative estimate of drug-likeness (QED) is 0.875. The Labute approximate surface area is 118 Å². The van der Waals surface area contributed by atoms with Crippen LogP contribution in [-0.4, -0.2) is 10.9 Å². The molecule has 1 aromatic carbocycles. The van der Waals surface area contributed by atoms with Gasteiger partial charge in [0.2, 0.25) is 5.91 Å². The number of aromatic nitrogens is 1. The van der Waals surface area contributed by atoms with E-state index >= 15 is 0 Å². The smallest absolute Gasteiger partial charge is 0.227 e. The molecule has 4 heteroatoms. The summed E-state index contributed by atoms with van der Waals surface area (Å²) in [7, 11) is 0. The Morgan fingerprint density at radius 3 is 2.75 bits per heavy atom. The maximum atomic E-state index is 11.7. The molecule has 0 spiro atoms. The second-order valence-electron chi connectivity index (χ2n) is 5.02. The van der Waals surface area contributed by atoms with Gasteiger partial charge in [-0.25, -0.2) is 0 Å². The molecule has 1 amide bonds. The predicted octanol–water partition coefficient (Wildman–Crippen LogP) is 3.04. The molecular weight excluding hydrogens is 250 g/mol. The van der Waals surface area contributed by atoms with E-state index in [2.05, 4.69) is 15.6 Å². The second-order valence-corrected chi connectivity index (χ2v) is 5.02. The number of carbonyl (C=O) groups is 1. The summed E-state index contributed by atoms with van der Waals surface area (Å²) in [5.41, 5.74) is 2.80. The molecule has 0 atom stereocenters. The SMILES string of the molecule is O=C(Nc1cccc(NCc2ccccn2)c1)C1CC1. The van der Waals surface area contributed by atoms with Crippen molar-refractivity contribution >= 4 is 17.3 Å². The van der Waals surface area contributed by atoms with Crippen LogP contribution in [0.2, 0.25) is 0 Å². The number of nitrogens with zero attached hydrogens (tertiary/aromatic N) is 1. The van der Waals surface area contributed by atoms with Crippen molar-refractivity contribution in [1.82, 2.24) is 4.98 Å². The molecule has 1 fully saturated rings. The van der Waals surface area contributed by atoms with E-state index in [9.17, 15) is 4.79 Å².